The maximum Gasteiger partial charge on any atom is 0.387 e. The molecule has 0 spiro atoms. The van der Waals surface area contributed by atoms with Crippen molar-refractivity contribution in [1.29, 1.82) is 0 Å². The van der Waals surface area contributed by atoms with Crippen molar-refractivity contribution in [3.8, 4) is 5.75 Å². The monoisotopic (exact) mass is 268 g/mol. The Kier molecular flexibility index (Phi) is 5.85. The Labute approximate surface area is 103 Å². The van der Waals surface area contributed by atoms with Crippen LogP contribution in [-0.2, 0) is 12.3 Å². The van der Waals surface area contributed by atoms with Gasteiger partial charge in [-0.15, -0.1) is 23.2 Å². The summed E-state index contributed by atoms with van der Waals surface area (Å²) in [5.41, 5.74) is 1.68. The highest BCUT2D eigenvalue weighted by Gasteiger charge is 2.07. The molecule has 0 amide bonds. The van der Waals surface area contributed by atoms with E-state index in [4.69, 9.17) is 23.2 Å². The summed E-state index contributed by atoms with van der Waals surface area (Å²) in [6, 6.07) is 4.98. The molecule has 1 rings (SSSR count). The number of alkyl halides is 4. The van der Waals surface area contributed by atoms with Crippen LogP contribution >= 0.6 is 23.2 Å². The predicted octanol–water partition coefficient (Wildman–Crippen LogP) is 4.20. The van der Waals surface area contributed by atoms with Gasteiger partial charge >= 0.3 is 6.61 Å². The lowest BCUT2D eigenvalue weighted by Crippen LogP contribution is -2.03. The lowest BCUT2D eigenvalue weighted by Gasteiger charge is -2.09. The van der Waals surface area contributed by atoms with Gasteiger partial charge in [-0.1, -0.05) is 6.07 Å². The van der Waals surface area contributed by atoms with Crippen LogP contribution in [0, 0.1) is 0 Å². The van der Waals surface area contributed by atoms with Crippen LogP contribution in [0.4, 0.5) is 8.78 Å². The second-order valence-electron chi connectivity index (χ2n) is 3.29. The number of hydrogen-bond acceptors (Lipinski definition) is 1. The predicted molar refractivity (Wildman–Crippen MR) is 61.7 cm³/mol. The van der Waals surface area contributed by atoms with E-state index in [-0.39, 0.29) is 11.6 Å². The first kappa shape index (κ1) is 13.5. The molecule has 16 heavy (non-hydrogen) atoms. The molecular weight excluding hydrogens is 257 g/mol. The summed E-state index contributed by atoms with van der Waals surface area (Å²) in [7, 11) is 0. The number of halogens is 4. The molecule has 0 fully saturated rings. The average Bonchev–Trinajstić information content (AvgIpc) is 2.25. The number of ether oxygens (including phenoxy) is 1. The van der Waals surface area contributed by atoms with E-state index in [0.29, 0.717) is 5.88 Å². The molecule has 0 saturated heterocycles. The average molecular weight is 269 g/mol. The van der Waals surface area contributed by atoms with Crippen LogP contribution in [-0.4, -0.2) is 12.5 Å². The van der Waals surface area contributed by atoms with Gasteiger partial charge in [-0.3, -0.25) is 0 Å². The van der Waals surface area contributed by atoms with E-state index in [0.717, 1.165) is 24.0 Å². The largest absolute Gasteiger partial charge is 0.435 e. The third-order valence-corrected chi connectivity index (χ3v) is 2.58. The van der Waals surface area contributed by atoms with E-state index in [1.165, 1.54) is 6.07 Å². The van der Waals surface area contributed by atoms with Crippen molar-refractivity contribution in [3.05, 3.63) is 29.3 Å². The summed E-state index contributed by atoms with van der Waals surface area (Å²) in [4.78, 5) is 0. The lowest BCUT2D eigenvalue weighted by molar-refractivity contribution is -0.0499. The molecule has 90 valence electrons. The van der Waals surface area contributed by atoms with E-state index < -0.39 is 6.61 Å². The molecule has 0 heterocycles. The molecule has 0 aliphatic rings. The molecule has 0 atom stereocenters. The third-order valence-electron chi connectivity index (χ3n) is 2.00. The Morgan fingerprint density at radius 3 is 2.38 bits per heavy atom. The summed E-state index contributed by atoms with van der Waals surface area (Å²) in [5, 5.41) is 0. The van der Waals surface area contributed by atoms with Gasteiger partial charge in [0.25, 0.3) is 0 Å². The first-order valence-corrected chi connectivity index (χ1v) is 5.92. The van der Waals surface area contributed by atoms with Crippen LogP contribution in [0.3, 0.4) is 0 Å². The van der Waals surface area contributed by atoms with Crippen molar-refractivity contribution in [2.24, 2.45) is 0 Å². The van der Waals surface area contributed by atoms with Gasteiger partial charge in [0.05, 0.1) is 0 Å². The molecule has 5 heteroatoms. The summed E-state index contributed by atoms with van der Waals surface area (Å²) in [6.07, 6.45) is 1.52. The van der Waals surface area contributed by atoms with Crippen LogP contribution in [0.5, 0.6) is 5.75 Å². The van der Waals surface area contributed by atoms with Gasteiger partial charge in [-0.05, 0) is 36.1 Å². The molecule has 0 unspecified atom stereocenters. The molecule has 1 nitrogen and oxygen atoms in total. The standard InChI is InChI=1S/C11H12Cl2F2O/c12-3-1-2-8-4-9(7-13)6-10(5-8)16-11(14)15/h4-6,11H,1-3,7H2. The molecule has 1 aromatic carbocycles. The van der Waals surface area contributed by atoms with Crippen molar-refractivity contribution in [2.75, 3.05) is 5.88 Å². The molecule has 0 saturated carbocycles. The molecule has 0 aliphatic carbocycles. The molecule has 1 aromatic rings. The summed E-state index contributed by atoms with van der Waals surface area (Å²) >= 11 is 11.2. The number of rotatable bonds is 6. The van der Waals surface area contributed by atoms with Gasteiger partial charge in [-0.25, -0.2) is 0 Å². The highest BCUT2D eigenvalue weighted by atomic mass is 35.5. The molecule has 0 aromatic heterocycles. The van der Waals surface area contributed by atoms with Crippen molar-refractivity contribution >= 4 is 23.2 Å². The minimum absolute atomic E-state index is 0.151. The summed E-state index contributed by atoms with van der Waals surface area (Å²) in [6.45, 7) is -2.81. The van der Waals surface area contributed by atoms with E-state index in [1.807, 2.05) is 6.07 Å². The fourth-order valence-corrected chi connectivity index (χ4v) is 1.68. The maximum absolute atomic E-state index is 12.1. The SMILES string of the molecule is FC(F)Oc1cc(CCl)cc(CCCCl)c1. The van der Waals surface area contributed by atoms with E-state index >= 15 is 0 Å². The molecular formula is C11H12Cl2F2O. The first-order valence-electron chi connectivity index (χ1n) is 4.85. The quantitative estimate of drug-likeness (QED) is 0.703. The third kappa shape index (κ3) is 4.54. The fraction of sp³-hybridized carbons (Fsp3) is 0.455. The maximum atomic E-state index is 12.1. The van der Waals surface area contributed by atoms with Crippen LogP contribution in [0.2, 0.25) is 0 Å². The van der Waals surface area contributed by atoms with Crippen LogP contribution in [0.15, 0.2) is 18.2 Å². The van der Waals surface area contributed by atoms with Crippen LogP contribution in [0.25, 0.3) is 0 Å². The molecule has 0 bridgehead atoms. The summed E-state index contributed by atoms with van der Waals surface area (Å²) in [5.74, 6) is 0.961. The second kappa shape index (κ2) is 6.92. The molecule has 0 radical (unpaired) electrons. The minimum Gasteiger partial charge on any atom is -0.435 e. The summed E-state index contributed by atoms with van der Waals surface area (Å²) < 4.78 is 28.5. The van der Waals surface area contributed by atoms with Crippen LogP contribution in [0.1, 0.15) is 17.5 Å². The zero-order valence-corrected chi connectivity index (χ0v) is 10.1. The number of hydrogen-bond donors (Lipinski definition) is 0. The highest BCUT2D eigenvalue weighted by Crippen LogP contribution is 2.21. The number of aryl methyl sites for hydroxylation is 1. The van der Waals surface area contributed by atoms with Gasteiger partial charge in [0, 0.05) is 11.8 Å². The second-order valence-corrected chi connectivity index (χ2v) is 3.94. The van der Waals surface area contributed by atoms with Gasteiger partial charge in [0.2, 0.25) is 0 Å². The van der Waals surface area contributed by atoms with Gasteiger partial charge in [0.15, 0.2) is 0 Å². The van der Waals surface area contributed by atoms with Crippen molar-refractivity contribution in [3.63, 3.8) is 0 Å². The highest BCUT2D eigenvalue weighted by molar-refractivity contribution is 6.17. The minimum atomic E-state index is -2.81. The smallest absolute Gasteiger partial charge is 0.387 e. The van der Waals surface area contributed by atoms with Crippen molar-refractivity contribution in [2.45, 2.75) is 25.3 Å². The number of benzene rings is 1. The zero-order valence-electron chi connectivity index (χ0n) is 8.56. The Balaban J connectivity index is 2.82. The first-order chi connectivity index (χ1) is 7.65. The van der Waals surface area contributed by atoms with E-state index in [2.05, 4.69) is 4.74 Å². The molecule has 0 aliphatic heterocycles. The topological polar surface area (TPSA) is 9.23 Å². The van der Waals surface area contributed by atoms with Gasteiger partial charge < -0.3 is 4.74 Å². The van der Waals surface area contributed by atoms with Crippen molar-refractivity contribution < 1.29 is 13.5 Å². The Morgan fingerprint density at radius 1 is 1.12 bits per heavy atom. The van der Waals surface area contributed by atoms with Crippen LogP contribution < -0.4 is 4.74 Å². The van der Waals surface area contributed by atoms with Crippen molar-refractivity contribution in [1.82, 2.24) is 0 Å². The zero-order chi connectivity index (χ0) is 12.0. The van der Waals surface area contributed by atoms with Gasteiger partial charge in [0.1, 0.15) is 5.75 Å². The Hall–Kier alpha value is -0.540. The van der Waals surface area contributed by atoms with E-state index in [9.17, 15) is 8.78 Å². The normalized spacial score (nSPS) is 10.8. The fourth-order valence-electron chi connectivity index (χ4n) is 1.39. The Bertz CT molecular complexity index is 332. The molecule has 0 N–H and O–H groups in total. The lowest BCUT2D eigenvalue weighted by atomic mass is 10.1. The van der Waals surface area contributed by atoms with Gasteiger partial charge in [-0.2, -0.15) is 8.78 Å². The van der Waals surface area contributed by atoms with E-state index in [1.54, 1.807) is 6.07 Å². The Morgan fingerprint density at radius 2 is 1.81 bits per heavy atom.